The van der Waals surface area contributed by atoms with Crippen molar-refractivity contribution in [2.24, 2.45) is 5.92 Å². The van der Waals surface area contributed by atoms with Gasteiger partial charge in [-0.2, -0.15) is 5.26 Å². The largest absolute Gasteiger partial charge is 1.00 e. The minimum atomic E-state index is -0.345. The van der Waals surface area contributed by atoms with Crippen molar-refractivity contribution in [1.82, 2.24) is 5.01 Å². The predicted octanol–water partition coefficient (Wildman–Crippen LogP) is 1.34. The maximum atomic E-state index is 12.7. The summed E-state index contributed by atoms with van der Waals surface area (Å²) >= 11 is 0. The first-order valence-corrected chi connectivity index (χ1v) is 8.63. The zero-order chi connectivity index (χ0) is 16.4. The van der Waals surface area contributed by atoms with Crippen LogP contribution in [0.5, 0.6) is 0 Å². The molecule has 2 fully saturated rings. The summed E-state index contributed by atoms with van der Waals surface area (Å²) in [5.74, 6) is 0.665. The Morgan fingerprint density at radius 2 is 2.25 bits per heavy atom. The van der Waals surface area contributed by atoms with E-state index in [1.807, 2.05) is 17.1 Å². The number of hydrogen-bond donors (Lipinski definition) is 0. The molecule has 0 saturated heterocycles. The number of halogens is 1. The van der Waals surface area contributed by atoms with Gasteiger partial charge in [0.25, 0.3) is 0 Å². The fraction of sp³-hybridized carbons (Fsp3) is 0.632. The molecule has 0 amide bonds. The van der Waals surface area contributed by atoms with Gasteiger partial charge in [0, 0.05) is 6.54 Å². The third kappa shape index (κ3) is 4.29. The summed E-state index contributed by atoms with van der Waals surface area (Å²) in [4.78, 5) is 0. The standard InChI is InChI=1S/C19H25FN3.K/c1-14(2)23(9-8-20)22-18-6-7-19(12-17(19)11-18)16-5-3-4-15(10-16)13-21;/h3-5,10,14,17-18H,6-9,11-12H2,1-2H3;/q-1;+1. The van der Waals surface area contributed by atoms with Crippen LogP contribution in [0.2, 0.25) is 0 Å². The van der Waals surface area contributed by atoms with Crippen molar-refractivity contribution >= 4 is 0 Å². The molecule has 1 aromatic rings. The fourth-order valence-corrected chi connectivity index (χ4v) is 4.11. The Kier molecular flexibility index (Phi) is 7.45. The van der Waals surface area contributed by atoms with Gasteiger partial charge in [0.2, 0.25) is 0 Å². The molecule has 0 bridgehead atoms. The Labute approximate surface area is 187 Å². The predicted molar refractivity (Wildman–Crippen MR) is 89.8 cm³/mol. The third-order valence-corrected chi connectivity index (χ3v) is 5.50. The molecule has 3 nitrogen and oxygen atoms in total. The molecule has 1 aromatic carbocycles. The van der Waals surface area contributed by atoms with Gasteiger partial charge in [-0.25, -0.2) is 4.39 Å². The molecule has 5 heteroatoms. The van der Waals surface area contributed by atoms with Gasteiger partial charge in [0.1, 0.15) is 6.67 Å². The molecule has 0 radical (unpaired) electrons. The Bertz CT molecular complexity index is 601. The van der Waals surface area contributed by atoms with Gasteiger partial charge in [-0.15, -0.1) is 6.04 Å². The van der Waals surface area contributed by atoms with Crippen LogP contribution in [0.1, 0.15) is 50.7 Å². The average Bonchev–Trinajstić information content (AvgIpc) is 3.29. The molecule has 0 aromatic heterocycles. The van der Waals surface area contributed by atoms with Gasteiger partial charge in [-0.1, -0.05) is 38.8 Å². The van der Waals surface area contributed by atoms with E-state index in [0.29, 0.717) is 18.5 Å². The zero-order valence-corrected chi connectivity index (χ0v) is 18.1. The monoisotopic (exact) mass is 353 g/mol. The molecular weight excluding hydrogens is 328 g/mol. The van der Waals surface area contributed by atoms with Crippen molar-refractivity contribution in [3.8, 4) is 6.07 Å². The van der Waals surface area contributed by atoms with E-state index in [2.05, 4.69) is 32.0 Å². The maximum Gasteiger partial charge on any atom is 1.00 e. The first-order valence-electron chi connectivity index (χ1n) is 8.63. The Morgan fingerprint density at radius 3 is 2.88 bits per heavy atom. The molecule has 0 heterocycles. The van der Waals surface area contributed by atoms with Gasteiger partial charge < -0.3 is 10.4 Å². The van der Waals surface area contributed by atoms with Crippen molar-refractivity contribution in [1.29, 1.82) is 5.26 Å². The number of hydrogen-bond acceptors (Lipinski definition) is 2. The van der Waals surface area contributed by atoms with E-state index in [0.717, 1.165) is 24.8 Å². The molecule has 0 spiro atoms. The van der Waals surface area contributed by atoms with Crippen molar-refractivity contribution in [3.05, 3.63) is 40.8 Å². The molecule has 0 N–H and O–H groups in total. The molecule has 124 valence electrons. The van der Waals surface area contributed by atoms with Gasteiger partial charge >= 0.3 is 51.4 Å². The van der Waals surface area contributed by atoms with Crippen LogP contribution in [0.15, 0.2) is 24.3 Å². The van der Waals surface area contributed by atoms with Crippen molar-refractivity contribution in [2.45, 2.75) is 57.0 Å². The number of fused-ring (bicyclic) bond motifs is 1. The quantitative estimate of drug-likeness (QED) is 0.572. The van der Waals surface area contributed by atoms with Crippen LogP contribution in [0.3, 0.4) is 0 Å². The van der Waals surface area contributed by atoms with Gasteiger partial charge in [0.15, 0.2) is 0 Å². The van der Waals surface area contributed by atoms with Crippen molar-refractivity contribution < 1.29 is 55.8 Å². The van der Waals surface area contributed by atoms with Gasteiger partial charge in [-0.3, -0.25) is 0 Å². The number of alkyl halides is 1. The first kappa shape index (κ1) is 20.5. The van der Waals surface area contributed by atoms with E-state index in [-0.39, 0.29) is 69.5 Å². The maximum absolute atomic E-state index is 12.7. The second-order valence-corrected chi connectivity index (χ2v) is 7.24. The van der Waals surface area contributed by atoms with E-state index >= 15 is 0 Å². The van der Waals surface area contributed by atoms with Crippen LogP contribution >= 0.6 is 0 Å². The van der Waals surface area contributed by atoms with Crippen molar-refractivity contribution in [3.63, 3.8) is 0 Å². The first-order chi connectivity index (χ1) is 11.1. The Hall–Kier alpha value is 0.196. The smallest absolute Gasteiger partial charge is 0.591 e. The molecular formula is C19H25FKN3. The molecule has 2 saturated carbocycles. The molecule has 2 aliphatic carbocycles. The summed E-state index contributed by atoms with van der Waals surface area (Å²) in [6, 6.07) is 10.9. The van der Waals surface area contributed by atoms with E-state index in [4.69, 9.17) is 10.7 Å². The fourth-order valence-electron chi connectivity index (χ4n) is 4.11. The summed E-state index contributed by atoms with van der Waals surface area (Å²) in [5.41, 5.74) is 7.16. The summed E-state index contributed by atoms with van der Waals surface area (Å²) in [6.45, 7) is 4.19. The number of benzene rings is 1. The molecule has 24 heavy (non-hydrogen) atoms. The van der Waals surface area contributed by atoms with E-state index in [1.54, 1.807) is 0 Å². The molecule has 3 unspecified atom stereocenters. The SMILES string of the molecule is CC(C)N(CCF)[N-]C1CCC2(c3cccc(C#N)c3)CC2C1.[K+]. The van der Waals surface area contributed by atoms with Gasteiger partial charge in [0.05, 0.1) is 11.6 Å². The summed E-state index contributed by atoms with van der Waals surface area (Å²) in [5, 5.41) is 11.0. The van der Waals surface area contributed by atoms with E-state index in [1.165, 1.54) is 12.0 Å². The van der Waals surface area contributed by atoms with Crippen LogP contribution in [0.25, 0.3) is 5.43 Å². The number of nitriles is 1. The second kappa shape index (κ2) is 8.72. The van der Waals surface area contributed by atoms with Crippen LogP contribution < -0.4 is 51.4 Å². The van der Waals surface area contributed by atoms with Crippen LogP contribution in [0.4, 0.5) is 4.39 Å². The van der Waals surface area contributed by atoms with Crippen LogP contribution in [0, 0.1) is 17.2 Å². The molecule has 3 rings (SSSR count). The van der Waals surface area contributed by atoms with Gasteiger partial charge in [-0.05, 0) is 47.9 Å². The molecule has 2 aliphatic rings. The van der Waals surface area contributed by atoms with Crippen LogP contribution in [-0.2, 0) is 5.41 Å². The Morgan fingerprint density at radius 1 is 1.46 bits per heavy atom. The number of rotatable bonds is 6. The minimum Gasteiger partial charge on any atom is -0.591 e. The molecule has 0 aliphatic heterocycles. The second-order valence-electron chi connectivity index (χ2n) is 7.24. The minimum absolute atomic E-state index is 0. The van der Waals surface area contributed by atoms with E-state index < -0.39 is 0 Å². The van der Waals surface area contributed by atoms with Crippen LogP contribution in [-0.4, -0.2) is 30.3 Å². The Balaban J connectivity index is 0.00000208. The summed E-state index contributed by atoms with van der Waals surface area (Å²) in [6.07, 6.45) is 4.48. The normalized spacial score (nSPS) is 28.2. The third-order valence-electron chi connectivity index (χ3n) is 5.50. The average molecular weight is 354 g/mol. The summed E-state index contributed by atoms with van der Waals surface area (Å²) in [7, 11) is 0. The number of nitrogens with zero attached hydrogens (tertiary/aromatic N) is 3. The topological polar surface area (TPSA) is 41.1 Å². The van der Waals surface area contributed by atoms with E-state index in [9.17, 15) is 4.39 Å². The molecule has 3 atom stereocenters. The summed E-state index contributed by atoms with van der Waals surface area (Å²) < 4.78 is 12.7. The van der Waals surface area contributed by atoms with Crippen molar-refractivity contribution in [2.75, 3.05) is 13.2 Å². The zero-order valence-electron chi connectivity index (χ0n) is 15.0.